The third-order valence-electron chi connectivity index (χ3n) is 3.12. The van der Waals surface area contributed by atoms with E-state index in [0.717, 1.165) is 25.8 Å². The molecule has 0 bridgehead atoms. The van der Waals surface area contributed by atoms with Gasteiger partial charge in [-0.2, -0.15) is 0 Å². The maximum Gasteiger partial charge on any atom is 0.246 e. The van der Waals surface area contributed by atoms with Gasteiger partial charge in [-0.05, 0) is 52.5 Å². The molecule has 1 rings (SSSR count). The molecule has 0 heterocycles. The van der Waals surface area contributed by atoms with Gasteiger partial charge in [0, 0.05) is 6.04 Å². The van der Waals surface area contributed by atoms with Gasteiger partial charge in [0.2, 0.25) is 5.91 Å². The number of amides is 1. The van der Waals surface area contributed by atoms with Crippen molar-refractivity contribution in [2.75, 3.05) is 13.2 Å². The summed E-state index contributed by atoms with van der Waals surface area (Å²) in [4.78, 5) is 11.7. The first-order valence-corrected chi connectivity index (χ1v) is 6.54. The van der Waals surface area contributed by atoms with Crippen LogP contribution in [0.5, 0.6) is 0 Å². The van der Waals surface area contributed by atoms with E-state index in [-0.39, 0.29) is 24.2 Å². The Hall–Kier alpha value is -0.610. The lowest BCUT2D eigenvalue weighted by Crippen LogP contribution is -2.42. The Balaban J connectivity index is 2.26. The number of carbonyl (C=O) groups is 1. The minimum Gasteiger partial charge on any atom is -0.366 e. The molecule has 4 nitrogen and oxygen atoms in total. The van der Waals surface area contributed by atoms with Gasteiger partial charge >= 0.3 is 0 Å². The maximum atomic E-state index is 11.7. The van der Waals surface area contributed by atoms with Crippen LogP contribution in [-0.2, 0) is 9.53 Å². The third-order valence-corrected chi connectivity index (χ3v) is 3.12. The van der Waals surface area contributed by atoms with Crippen LogP contribution in [0.3, 0.4) is 0 Å². The van der Waals surface area contributed by atoms with Crippen molar-refractivity contribution in [1.29, 1.82) is 0 Å². The van der Waals surface area contributed by atoms with Crippen LogP contribution in [0.4, 0.5) is 0 Å². The zero-order chi connectivity index (χ0) is 12.9. The largest absolute Gasteiger partial charge is 0.366 e. The van der Waals surface area contributed by atoms with Crippen molar-refractivity contribution >= 4 is 5.91 Å². The van der Waals surface area contributed by atoms with E-state index in [1.54, 1.807) is 0 Å². The van der Waals surface area contributed by atoms with E-state index in [1.165, 1.54) is 6.42 Å². The Morgan fingerprint density at radius 1 is 1.41 bits per heavy atom. The van der Waals surface area contributed by atoms with Crippen LogP contribution < -0.4 is 11.1 Å². The predicted molar refractivity (Wildman–Crippen MR) is 68.6 cm³/mol. The van der Waals surface area contributed by atoms with Crippen molar-refractivity contribution in [3.8, 4) is 0 Å². The molecule has 1 saturated carbocycles. The molecule has 0 spiro atoms. The standard InChI is InChI=1S/C13H26N2O2/c1-13(2,3)17-9-12(16)15-11-6-4-5-10(7-11)8-14/h10-11H,4-9,14H2,1-3H3,(H,15,16). The second-order valence-electron chi connectivity index (χ2n) is 5.93. The van der Waals surface area contributed by atoms with Crippen LogP contribution in [0.25, 0.3) is 0 Å². The molecule has 3 N–H and O–H groups in total. The topological polar surface area (TPSA) is 64.3 Å². The van der Waals surface area contributed by atoms with E-state index in [2.05, 4.69) is 5.32 Å². The minimum absolute atomic E-state index is 0.0115. The average Bonchev–Trinajstić information content (AvgIpc) is 2.26. The van der Waals surface area contributed by atoms with Crippen molar-refractivity contribution in [3.63, 3.8) is 0 Å². The van der Waals surface area contributed by atoms with Crippen molar-refractivity contribution in [2.24, 2.45) is 11.7 Å². The zero-order valence-electron chi connectivity index (χ0n) is 11.3. The summed E-state index contributed by atoms with van der Waals surface area (Å²) in [7, 11) is 0. The lowest BCUT2D eigenvalue weighted by atomic mass is 9.86. The quantitative estimate of drug-likeness (QED) is 0.784. The van der Waals surface area contributed by atoms with Crippen LogP contribution in [0, 0.1) is 5.92 Å². The van der Waals surface area contributed by atoms with E-state index in [9.17, 15) is 4.79 Å². The lowest BCUT2D eigenvalue weighted by Gasteiger charge is -2.29. The highest BCUT2D eigenvalue weighted by molar-refractivity contribution is 5.77. The summed E-state index contributed by atoms with van der Waals surface area (Å²) in [5.74, 6) is 0.556. The molecule has 2 unspecified atom stereocenters. The van der Waals surface area contributed by atoms with Crippen LogP contribution in [-0.4, -0.2) is 30.7 Å². The van der Waals surface area contributed by atoms with Crippen LogP contribution >= 0.6 is 0 Å². The first-order chi connectivity index (χ1) is 7.90. The summed E-state index contributed by atoms with van der Waals surface area (Å²) in [6.07, 6.45) is 4.43. The Morgan fingerprint density at radius 3 is 2.71 bits per heavy atom. The number of hydrogen-bond donors (Lipinski definition) is 2. The fraction of sp³-hybridized carbons (Fsp3) is 0.923. The average molecular weight is 242 g/mol. The molecule has 1 fully saturated rings. The normalized spacial score (nSPS) is 25.6. The number of ether oxygens (including phenoxy) is 1. The molecule has 0 aliphatic heterocycles. The molecular formula is C13H26N2O2. The van der Waals surface area contributed by atoms with Gasteiger partial charge < -0.3 is 15.8 Å². The first kappa shape index (κ1) is 14.5. The van der Waals surface area contributed by atoms with Crippen LogP contribution in [0.2, 0.25) is 0 Å². The molecular weight excluding hydrogens is 216 g/mol. The molecule has 0 radical (unpaired) electrons. The van der Waals surface area contributed by atoms with E-state index < -0.39 is 0 Å². The summed E-state index contributed by atoms with van der Waals surface area (Å²) in [6, 6.07) is 0.286. The molecule has 0 aromatic carbocycles. The maximum absolute atomic E-state index is 11.7. The number of nitrogens with one attached hydrogen (secondary N) is 1. The Morgan fingerprint density at radius 2 is 2.12 bits per heavy atom. The second-order valence-corrected chi connectivity index (χ2v) is 5.93. The summed E-state index contributed by atoms with van der Waals surface area (Å²) < 4.78 is 5.45. The van der Waals surface area contributed by atoms with Crippen molar-refractivity contribution < 1.29 is 9.53 Å². The number of carbonyl (C=O) groups excluding carboxylic acids is 1. The predicted octanol–water partition coefficient (Wildman–Crippen LogP) is 1.44. The molecule has 0 saturated heterocycles. The van der Waals surface area contributed by atoms with Gasteiger partial charge in [0.05, 0.1) is 5.60 Å². The third kappa shape index (κ3) is 6.03. The molecule has 4 heteroatoms. The molecule has 0 aromatic heterocycles. The fourth-order valence-corrected chi connectivity index (χ4v) is 2.19. The Labute approximate surface area is 104 Å². The van der Waals surface area contributed by atoms with Crippen molar-refractivity contribution in [1.82, 2.24) is 5.32 Å². The molecule has 17 heavy (non-hydrogen) atoms. The summed E-state index contributed by atoms with van der Waals surface area (Å²) in [6.45, 7) is 6.72. The Bertz CT molecular complexity index is 248. The van der Waals surface area contributed by atoms with E-state index >= 15 is 0 Å². The van der Waals surface area contributed by atoms with Crippen LogP contribution in [0.1, 0.15) is 46.5 Å². The van der Waals surface area contributed by atoms with Gasteiger partial charge in [0.15, 0.2) is 0 Å². The number of nitrogens with two attached hydrogens (primary N) is 1. The highest BCUT2D eigenvalue weighted by Crippen LogP contribution is 2.23. The molecule has 100 valence electrons. The number of hydrogen-bond acceptors (Lipinski definition) is 3. The van der Waals surface area contributed by atoms with E-state index in [0.29, 0.717) is 5.92 Å². The molecule has 1 amide bonds. The van der Waals surface area contributed by atoms with Gasteiger partial charge in [0.1, 0.15) is 6.61 Å². The van der Waals surface area contributed by atoms with Gasteiger partial charge in [-0.25, -0.2) is 0 Å². The second kappa shape index (κ2) is 6.36. The first-order valence-electron chi connectivity index (χ1n) is 6.54. The molecule has 2 atom stereocenters. The highest BCUT2D eigenvalue weighted by Gasteiger charge is 2.22. The fourth-order valence-electron chi connectivity index (χ4n) is 2.19. The zero-order valence-corrected chi connectivity index (χ0v) is 11.3. The van der Waals surface area contributed by atoms with Crippen LogP contribution in [0.15, 0.2) is 0 Å². The van der Waals surface area contributed by atoms with Crippen molar-refractivity contribution in [2.45, 2.75) is 58.1 Å². The Kier molecular flexibility index (Phi) is 5.40. The monoisotopic (exact) mass is 242 g/mol. The number of rotatable bonds is 4. The highest BCUT2D eigenvalue weighted by atomic mass is 16.5. The molecule has 1 aliphatic rings. The van der Waals surface area contributed by atoms with Gasteiger partial charge in [-0.15, -0.1) is 0 Å². The molecule has 0 aromatic rings. The summed E-state index contributed by atoms with van der Waals surface area (Å²) in [5.41, 5.74) is 5.41. The summed E-state index contributed by atoms with van der Waals surface area (Å²) in [5, 5.41) is 3.04. The van der Waals surface area contributed by atoms with E-state index in [4.69, 9.17) is 10.5 Å². The van der Waals surface area contributed by atoms with Gasteiger partial charge in [-0.1, -0.05) is 6.42 Å². The van der Waals surface area contributed by atoms with Gasteiger partial charge in [0.25, 0.3) is 0 Å². The SMILES string of the molecule is CC(C)(C)OCC(=O)NC1CCCC(CN)C1. The molecule has 1 aliphatic carbocycles. The van der Waals surface area contributed by atoms with Crippen molar-refractivity contribution in [3.05, 3.63) is 0 Å². The smallest absolute Gasteiger partial charge is 0.246 e. The van der Waals surface area contributed by atoms with Gasteiger partial charge in [-0.3, -0.25) is 4.79 Å². The minimum atomic E-state index is -0.260. The lowest BCUT2D eigenvalue weighted by molar-refractivity contribution is -0.131. The summed E-state index contributed by atoms with van der Waals surface area (Å²) >= 11 is 0. The van der Waals surface area contributed by atoms with E-state index in [1.807, 2.05) is 20.8 Å².